The lowest BCUT2D eigenvalue weighted by Gasteiger charge is -2.28. The van der Waals surface area contributed by atoms with Crippen LogP contribution in [0.25, 0.3) is 32.9 Å². The summed E-state index contributed by atoms with van der Waals surface area (Å²) < 4.78 is 0. The van der Waals surface area contributed by atoms with E-state index in [2.05, 4.69) is 91.6 Å². The first-order valence-corrected chi connectivity index (χ1v) is 11.9. The number of fused-ring (bicyclic) bond motifs is 10. The standard InChI is InChI=1S/C27H19NS2/c1-27(2)23-16(11-12-18-15-7-3-4-8-19(15)28-25(18)23)17-13-14-22-26(24(17)27)30-21-10-6-5-9-20(21)29-22/h3-14,28H,1-2H3. The van der Waals surface area contributed by atoms with Gasteiger partial charge in [0.15, 0.2) is 0 Å². The maximum atomic E-state index is 3.75. The van der Waals surface area contributed by atoms with Gasteiger partial charge in [-0.2, -0.15) is 0 Å². The Morgan fingerprint density at radius 3 is 2.20 bits per heavy atom. The number of hydrogen-bond donors (Lipinski definition) is 1. The van der Waals surface area contributed by atoms with Crippen molar-refractivity contribution in [3.8, 4) is 11.1 Å². The van der Waals surface area contributed by atoms with Gasteiger partial charge in [-0.1, -0.05) is 85.9 Å². The van der Waals surface area contributed by atoms with Crippen LogP contribution in [0.5, 0.6) is 0 Å². The third-order valence-corrected chi connectivity index (χ3v) is 9.22. The van der Waals surface area contributed by atoms with Gasteiger partial charge in [-0.15, -0.1) is 0 Å². The van der Waals surface area contributed by atoms with Crippen molar-refractivity contribution in [2.45, 2.75) is 38.8 Å². The first-order chi connectivity index (χ1) is 14.6. The van der Waals surface area contributed by atoms with Gasteiger partial charge in [0.2, 0.25) is 0 Å². The van der Waals surface area contributed by atoms with E-state index in [1.807, 2.05) is 23.5 Å². The van der Waals surface area contributed by atoms with Gasteiger partial charge >= 0.3 is 0 Å². The smallest absolute Gasteiger partial charge is 0.0512 e. The Labute approximate surface area is 183 Å². The summed E-state index contributed by atoms with van der Waals surface area (Å²) in [5, 5.41) is 2.63. The fourth-order valence-corrected chi connectivity index (χ4v) is 7.91. The molecule has 0 bridgehead atoms. The van der Waals surface area contributed by atoms with Crippen molar-refractivity contribution >= 4 is 45.3 Å². The third-order valence-electron chi connectivity index (χ3n) is 6.63. The maximum Gasteiger partial charge on any atom is 0.0512 e. The second-order valence-electron chi connectivity index (χ2n) is 8.67. The number of H-pyrrole nitrogens is 1. The van der Waals surface area contributed by atoms with Crippen LogP contribution in [0.4, 0.5) is 0 Å². The summed E-state index contributed by atoms with van der Waals surface area (Å²) >= 11 is 3.85. The van der Waals surface area contributed by atoms with E-state index in [4.69, 9.17) is 0 Å². The Balaban J connectivity index is 1.53. The lowest BCUT2D eigenvalue weighted by Crippen LogP contribution is -2.17. The second kappa shape index (κ2) is 5.75. The van der Waals surface area contributed by atoms with Crippen molar-refractivity contribution in [2.75, 3.05) is 0 Å². The van der Waals surface area contributed by atoms with Crippen molar-refractivity contribution in [2.24, 2.45) is 0 Å². The molecule has 0 fully saturated rings. The largest absolute Gasteiger partial charge is 0.354 e. The van der Waals surface area contributed by atoms with Gasteiger partial charge in [-0.25, -0.2) is 0 Å². The molecule has 144 valence electrons. The Morgan fingerprint density at radius 2 is 1.33 bits per heavy atom. The highest BCUT2D eigenvalue weighted by molar-refractivity contribution is 8.05. The Hall–Kier alpha value is -2.62. The minimum absolute atomic E-state index is 0.0593. The summed E-state index contributed by atoms with van der Waals surface area (Å²) in [6.45, 7) is 4.79. The van der Waals surface area contributed by atoms with Crippen molar-refractivity contribution in [1.29, 1.82) is 0 Å². The number of aromatic nitrogens is 1. The molecule has 0 spiro atoms. The van der Waals surface area contributed by atoms with E-state index in [0.717, 1.165) is 0 Å². The first kappa shape index (κ1) is 17.1. The number of rotatable bonds is 0. The fraction of sp³-hybridized carbons (Fsp3) is 0.111. The van der Waals surface area contributed by atoms with Gasteiger partial charge in [0, 0.05) is 41.3 Å². The van der Waals surface area contributed by atoms with Crippen LogP contribution in [-0.2, 0) is 5.41 Å². The molecular weight excluding hydrogens is 402 g/mol. The van der Waals surface area contributed by atoms with E-state index >= 15 is 0 Å². The number of aromatic amines is 1. The van der Waals surface area contributed by atoms with E-state index in [-0.39, 0.29) is 5.41 Å². The van der Waals surface area contributed by atoms with Crippen LogP contribution in [-0.4, -0.2) is 4.98 Å². The Morgan fingerprint density at radius 1 is 0.633 bits per heavy atom. The average Bonchev–Trinajstić information content (AvgIpc) is 3.25. The summed E-state index contributed by atoms with van der Waals surface area (Å²) in [7, 11) is 0. The zero-order chi connectivity index (χ0) is 20.0. The molecule has 7 rings (SSSR count). The van der Waals surface area contributed by atoms with Gasteiger partial charge in [0.25, 0.3) is 0 Å². The van der Waals surface area contributed by atoms with Crippen molar-refractivity contribution < 1.29 is 0 Å². The van der Waals surface area contributed by atoms with Crippen LogP contribution in [0, 0.1) is 0 Å². The molecule has 0 saturated carbocycles. The van der Waals surface area contributed by atoms with Crippen LogP contribution in [0.15, 0.2) is 92.4 Å². The predicted octanol–water partition coefficient (Wildman–Crippen LogP) is 8.24. The summed E-state index contributed by atoms with van der Waals surface area (Å²) in [5.74, 6) is 0. The van der Waals surface area contributed by atoms with E-state index in [0.29, 0.717) is 0 Å². The van der Waals surface area contributed by atoms with Gasteiger partial charge in [0.1, 0.15) is 0 Å². The number of para-hydroxylation sites is 1. The zero-order valence-electron chi connectivity index (χ0n) is 16.7. The molecule has 0 amide bonds. The quantitative estimate of drug-likeness (QED) is 0.266. The minimum Gasteiger partial charge on any atom is -0.354 e. The van der Waals surface area contributed by atoms with Crippen LogP contribution in [0.1, 0.15) is 25.0 Å². The average molecular weight is 422 g/mol. The van der Waals surface area contributed by atoms with E-state index in [1.54, 1.807) is 0 Å². The second-order valence-corrected chi connectivity index (χ2v) is 10.8. The molecule has 0 atom stereocenters. The van der Waals surface area contributed by atoms with Gasteiger partial charge < -0.3 is 4.98 Å². The minimum atomic E-state index is -0.0593. The van der Waals surface area contributed by atoms with E-state index in [9.17, 15) is 0 Å². The topological polar surface area (TPSA) is 15.8 Å². The molecule has 30 heavy (non-hydrogen) atoms. The van der Waals surface area contributed by atoms with Crippen molar-refractivity contribution in [3.63, 3.8) is 0 Å². The monoisotopic (exact) mass is 421 g/mol. The van der Waals surface area contributed by atoms with Crippen LogP contribution in [0.3, 0.4) is 0 Å². The van der Waals surface area contributed by atoms with Gasteiger partial charge in [-0.05, 0) is 46.5 Å². The maximum absolute atomic E-state index is 3.75. The highest BCUT2D eigenvalue weighted by atomic mass is 32.2. The SMILES string of the molecule is CC1(C)c2c(ccc3c2Sc2ccccc2S3)-c2ccc3c([nH]c4ccccc43)c21. The molecule has 0 unspecified atom stereocenters. The molecule has 1 nitrogen and oxygen atoms in total. The zero-order valence-corrected chi connectivity index (χ0v) is 18.4. The van der Waals surface area contributed by atoms with Crippen molar-refractivity contribution in [1.82, 2.24) is 4.98 Å². The lowest BCUT2D eigenvalue weighted by molar-refractivity contribution is 0.646. The van der Waals surface area contributed by atoms with Crippen molar-refractivity contribution in [3.05, 3.63) is 83.9 Å². The molecule has 5 aromatic rings. The highest BCUT2D eigenvalue weighted by Crippen LogP contribution is 2.59. The molecule has 1 aliphatic carbocycles. The van der Waals surface area contributed by atoms with E-state index in [1.165, 1.54) is 63.6 Å². The summed E-state index contributed by atoms with van der Waals surface area (Å²) in [4.78, 5) is 9.29. The molecule has 1 N–H and O–H groups in total. The Bertz CT molecular complexity index is 1520. The highest BCUT2D eigenvalue weighted by Gasteiger charge is 2.41. The summed E-state index contributed by atoms with van der Waals surface area (Å²) in [6, 6.07) is 26.7. The first-order valence-electron chi connectivity index (χ1n) is 10.3. The van der Waals surface area contributed by atoms with Crippen LogP contribution < -0.4 is 0 Å². The van der Waals surface area contributed by atoms with Gasteiger partial charge in [-0.3, -0.25) is 0 Å². The molecule has 1 aromatic heterocycles. The summed E-state index contributed by atoms with van der Waals surface area (Å²) in [6.07, 6.45) is 0. The van der Waals surface area contributed by atoms with Crippen LogP contribution in [0.2, 0.25) is 0 Å². The molecule has 0 radical (unpaired) electrons. The molecule has 1 aliphatic heterocycles. The lowest BCUT2D eigenvalue weighted by atomic mass is 9.81. The molecule has 2 aliphatic rings. The number of benzene rings is 4. The predicted molar refractivity (Wildman–Crippen MR) is 128 cm³/mol. The number of hydrogen-bond acceptors (Lipinski definition) is 2. The summed E-state index contributed by atoms with van der Waals surface area (Å²) in [5.41, 5.74) is 8.13. The van der Waals surface area contributed by atoms with Gasteiger partial charge in [0.05, 0.1) is 5.52 Å². The van der Waals surface area contributed by atoms with Crippen LogP contribution >= 0.6 is 23.5 Å². The fourth-order valence-electron chi connectivity index (χ4n) is 5.35. The molecule has 4 aromatic carbocycles. The molecule has 2 heterocycles. The normalized spacial score (nSPS) is 15.7. The Kier molecular flexibility index (Phi) is 3.28. The number of nitrogens with one attached hydrogen (secondary N) is 1. The van der Waals surface area contributed by atoms with E-state index < -0.39 is 0 Å². The third kappa shape index (κ3) is 2.07. The molecule has 0 saturated heterocycles. The molecular formula is C27H19NS2. The molecule has 3 heteroatoms.